The number of thiophene rings is 1. The summed E-state index contributed by atoms with van der Waals surface area (Å²) in [6, 6.07) is 57.4. The molecule has 0 amide bonds. The van der Waals surface area contributed by atoms with E-state index in [1.165, 1.54) is 47.6 Å². The largest absolute Gasteiger partial charge is 0.208 e. The second-order valence-corrected chi connectivity index (χ2v) is 12.7. The number of aromatic nitrogens is 3. The van der Waals surface area contributed by atoms with Crippen molar-refractivity contribution in [2.45, 2.75) is 0 Å². The van der Waals surface area contributed by atoms with Crippen LogP contribution in [0.3, 0.4) is 0 Å². The molecule has 47 heavy (non-hydrogen) atoms. The summed E-state index contributed by atoms with van der Waals surface area (Å²) in [5.74, 6) is 1.95. The zero-order valence-electron chi connectivity index (χ0n) is 25.3. The van der Waals surface area contributed by atoms with Crippen molar-refractivity contribution < 1.29 is 0 Å². The summed E-state index contributed by atoms with van der Waals surface area (Å²) < 4.78 is 2.60. The predicted molar refractivity (Wildman–Crippen MR) is 197 cm³/mol. The molecule has 0 N–H and O–H groups in total. The van der Waals surface area contributed by atoms with Gasteiger partial charge in [-0.15, -0.1) is 11.3 Å². The summed E-state index contributed by atoms with van der Waals surface area (Å²) in [6.07, 6.45) is 0. The van der Waals surface area contributed by atoms with Crippen LogP contribution in [-0.4, -0.2) is 15.0 Å². The van der Waals surface area contributed by atoms with E-state index in [9.17, 15) is 0 Å². The Morgan fingerprint density at radius 3 is 1.49 bits per heavy atom. The lowest BCUT2D eigenvalue weighted by atomic mass is 9.94. The van der Waals surface area contributed by atoms with Crippen LogP contribution >= 0.6 is 11.3 Å². The molecule has 9 aromatic rings. The molecular formula is C43H27N3S. The number of hydrogen-bond acceptors (Lipinski definition) is 4. The van der Waals surface area contributed by atoms with E-state index < -0.39 is 0 Å². The average Bonchev–Trinajstić information content (AvgIpc) is 3.54. The van der Waals surface area contributed by atoms with Crippen LogP contribution in [-0.2, 0) is 0 Å². The first-order valence-electron chi connectivity index (χ1n) is 15.7. The van der Waals surface area contributed by atoms with Crippen molar-refractivity contribution in [2.24, 2.45) is 0 Å². The fraction of sp³-hybridized carbons (Fsp3) is 0. The standard InChI is InChI=1S/C43H27N3S/c1-4-12-28(13-5-1)29-20-22-32(23-21-29)42-44-41(31-16-8-3-9-17-31)45-43(46-42)33-24-25-35-37(26-33)36(30-14-6-2-7-15-30)27-38-34-18-10-11-19-39(34)47-40(35)38/h1-27H. The fourth-order valence-electron chi connectivity index (χ4n) is 6.38. The van der Waals surface area contributed by atoms with E-state index >= 15 is 0 Å². The van der Waals surface area contributed by atoms with Crippen molar-refractivity contribution >= 4 is 42.3 Å². The van der Waals surface area contributed by atoms with Gasteiger partial charge in [0.05, 0.1) is 0 Å². The van der Waals surface area contributed by atoms with Crippen molar-refractivity contribution in [1.29, 1.82) is 0 Å². The minimum Gasteiger partial charge on any atom is -0.208 e. The Labute approximate surface area is 276 Å². The Kier molecular flexibility index (Phi) is 6.65. The summed E-state index contributed by atoms with van der Waals surface area (Å²) in [5, 5.41) is 5.00. The Morgan fingerprint density at radius 1 is 0.319 bits per heavy atom. The van der Waals surface area contributed by atoms with Crippen LogP contribution in [0.4, 0.5) is 0 Å². The van der Waals surface area contributed by atoms with Gasteiger partial charge in [-0.1, -0.05) is 146 Å². The molecule has 0 saturated heterocycles. The summed E-state index contributed by atoms with van der Waals surface area (Å²) in [6.45, 7) is 0. The van der Waals surface area contributed by atoms with Gasteiger partial charge in [-0.2, -0.15) is 0 Å². The monoisotopic (exact) mass is 617 g/mol. The van der Waals surface area contributed by atoms with Gasteiger partial charge in [0, 0.05) is 42.2 Å². The SMILES string of the molecule is c1ccc(-c2ccc(-c3nc(-c4ccccc4)nc(-c4ccc5c(c4)c(-c4ccccc4)cc4c6ccccc6sc54)n3)cc2)cc1. The van der Waals surface area contributed by atoms with Gasteiger partial charge in [0.1, 0.15) is 0 Å². The Bertz CT molecular complexity index is 2540. The molecule has 0 radical (unpaired) electrons. The van der Waals surface area contributed by atoms with Crippen LogP contribution in [0.1, 0.15) is 0 Å². The molecule has 0 fully saturated rings. The zero-order chi connectivity index (χ0) is 31.2. The molecule has 0 bridgehead atoms. The molecule has 220 valence electrons. The van der Waals surface area contributed by atoms with Gasteiger partial charge in [0.15, 0.2) is 17.5 Å². The number of nitrogens with zero attached hydrogens (tertiary/aromatic N) is 3. The molecule has 2 heterocycles. The van der Waals surface area contributed by atoms with E-state index in [1.807, 2.05) is 47.7 Å². The van der Waals surface area contributed by atoms with Gasteiger partial charge in [-0.25, -0.2) is 15.0 Å². The van der Waals surface area contributed by atoms with E-state index in [1.54, 1.807) is 0 Å². The van der Waals surface area contributed by atoms with Crippen molar-refractivity contribution in [2.75, 3.05) is 0 Å². The molecule has 3 nitrogen and oxygen atoms in total. The van der Waals surface area contributed by atoms with E-state index in [0.717, 1.165) is 22.3 Å². The van der Waals surface area contributed by atoms with Crippen LogP contribution in [0.15, 0.2) is 164 Å². The molecule has 9 rings (SSSR count). The second-order valence-electron chi connectivity index (χ2n) is 11.6. The highest BCUT2D eigenvalue weighted by Crippen LogP contribution is 2.43. The molecule has 0 saturated carbocycles. The number of benzene rings is 7. The Hall–Kier alpha value is -5.97. The summed E-state index contributed by atoms with van der Waals surface area (Å²) in [7, 11) is 0. The maximum atomic E-state index is 5.09. The minimum atomic E-state index is 0.650. The van der Waals surface area contributed by atoms with E-state index in [2.05, 4.69) is 127 Å². The van der Waals surface area contributed by atoms with Gasteiger partial charge in [-0.05, 0) is 45.8 Å². The van der Waals surface area contributed by atoms with Crippen LogP contribution in [0.25, 0.3) is 87.4 Å². The van der Waals surface area contributed by atoms with Crippen LogP contribution < -0.4 is 0 Å². The highest BCUT2D eigenvalue weighted by atomic mass is 32.1. The highest BCUT2D eigenvalue weighted by Gasteiger charge is 2.17. The van der Waals surface area contributed by atoms with Crippen molar-refractivity contribution in [3.63, 3.8) is 0 Å². The normalized spacial score (nSPS) is 11.4. The van der Waals surface area contributed by atoms with E-state index in [4.69, 9.17) is 15.0 Å². The first-order valence-corrected chi connectivity index (χ1v) is 16.5. The predicted octanol–water partition coefficient (Wildman–Crippen LogP) is 11.7. The first kappa shape index (κ1) is 27.3. The lowest BCUT2D eigenvalue weighted by Gasteiger charge is -2.12. The molecule has 0 aliphatic rings. The number of hydrogen-bond donors (Lipinski definition) is 0. The smallest absolute Gasteiger partial charge is 0.164 e. The summed E-state index contributed by atoms with van der Waals surface area (Å²) >= 11 is 1.85. The number of rotatable bonds is 5. The highest BCUT2D eigenvalue weighted by molar-refractivity contribution is 7.26. The molecule has 0 spiro atoms. The van der Waals surface area contributed by atoms with Crippen molar-refractivity contribution in [3.05, 3.63) is 164 Å². The summed E-state index contributed by atoms with van der Waals surface area (Å²) in [4.78, 5) is 15.1. The molecular weight excluding hydrogens is 591 g/mol. The zero-order valence-corrected chi connectivity index (χ0v) is 26.2. The molecule has 7 aromatic carbocycles. The molecule has 0 aliphatic heterocycles. The van der Waals surface area contributed by atoms with E-state index in [-0.39, 0.29) is 0 Å². The third-order valence-electron chi connectivity index (χ3n) is 8.74. The lowest BCUT2D eigenvalue weighted by Crippen LogP contribution is -2.00. The van der Waals surface area contributed by atoms with Crippen molar-refractivity contribution in [3.8, 4) is 56.4 Å². The maximum absolute atomic E-state index is 5.09. The minimum absolute atomic E-state index is 0.650. The fourth-order valence-corrected chi connectivity index (χ4v) is 7.61. The van der Waals surface area contributed by atoms with E-state index in [0.29, 0.717) is 17.5 Å². The third kappa shape index (κ3) is 4.96. The van der Waals surface area contributed by atoms with Gasteiger partial charge in [-0.3, -0.25) is 0 Å². The topological polar surface area (TPSA) is 38.7 Å². The average molecular weight is 618 g/mol. The number of fused-ring (bicyclic) bond motifs is 5. The quantitative estimate of drug-likeness (QED) is 0.193. The van der Waals surface area contributed by atoms with Gasteiger partial charge in [0.25, 0.3) is 0 Å². The Balaban J connectivity index is 1.25. The maximum Gasteiger partial charge on any atom is 0.164 e. The molecule has 0 unspecified atom stereocenters. The lowest BCUT2D eigenvalue weighted by molar-refractivity contribution is 1.07. The molecule has 2 aromatic heterocycles. The van der Waals surface area contributed by atoms with Crippen LogP contribution in [0, 0.1) is 0 Å². The van der Waals surface area contributed by atoms with Crippen molar-refractivity contribution in [1.82, 2.24) is 15.0 Å². The van der Waals surface area contributed by atoms with Gasteiger partial charge < -0.3 is 0 Å². The third-order valence-corrected chi connectivity index (χ3v) is 9.96. The van der Waals surface area contributed by atoms with Gasteiger partial charge >= 0.3 is 0 Å². The molecule has 0 atom stereocenters. The van der Waals surface area contributed by atoms with Crippen LogP contribution in [0.2, 0.25) is 0 Å². The van der Waals surface area contributed by atoms with Gasteiger partial charge in [0.2, 0.25) is 0 Å². The first-order chi connectivity index (χ1) is 23.3. The molecule has 0 aliphatic carbocycles. The second kappa shape index (κ2) is 11.4. The Morgan fingerprint density at radius 2 is 0.809 bits per heavy atom. The summed E-state index contributed by atoms with van der Waals surface area (Å²) in [5.41, 5.74) is 7.58. The van der Waals surface area contributed by atoms with Crippen LogP contribution in [0.5, 0.6) is 0 Å². The molecule has 4 heteroatoms.